The van der Waals surface area contributed by atoms with Crippen molar-refractivity contribution >= 4 is 11.9 Å². The Hall–Kier alpha value is -1.06. The van der Waals surface area contributed by atoms with E-state index in [-0.39, 0.29) is 23.7 Å². The van der Waals surface area contributed by atoms with E-state index in [1.165, 1.54) is 0 Å². The molecule has 0 saturated heterocycles. The molecule has 0 heterocycles. The lowest BCUT2D eigenvalue weighted by Crippen LogP contribution is -2.49. The molecule has 2 aliphatic rings. The quantitative estimate of drug-likeness (QED) is 0.794. The van der Waals surface area contributed by atoms with Crippen LogP contribution in [0, 0.1) is 35.5 Å². The van der Waals surface area contributed by atoms with Crippen molar-refractivity contribution in [2.45, 2.75) is 39.5 Å². The van der Waals surface area contributed by atoms with Gasteiger partial charge in [-0.3, -0.25) is 9.59 Å². The third kappa shape index (κ3) is 2.13. The molecule has 0 aliphatic heterocycles. The number of rotatable bonds is 2. The lowest BCUT2D eigenvalue weighted by molar-refractivity contribution is -0.161. The second-order valence-corrected chi connectivity index (χ2v) is 6.15. The van der Waals surface area contributed by atoms with Gasteiger partial charge >= 0.3 is 11.9 Å². The van der Waals surface area contributed by atoms with Crippen LogP contribution in [0.2, 0.25) is 0 Å². The maximum Gasteiger partial charge on any atom is 0.306 e. The molecule has 18 heavy (non-hydrogen) atoms. The SMILES string of the molecule is CC1CCC(C)C2C(C(=O)O)CCC(C(=O)O)C12. The second-order valence-electron chi connectivity index (χ2n) is 6.15. The first-order valence-electron chi connectivity index (χ1n) is 6.89. The second kappa shape index (κ2) is 4.90. The zero-order valence-corrected chi connectivity index (χ0v) is 11.0. The van der Waals surface area contributed by atoms with Crippen LogP contribution in [-0.4, -0.2) is 22.2 Å². The van der Waals surface area contributed by atoms with Crippen LogP contribution in [-0.2, 0) is 9.59 Å². The molecule has 6 atom stereocenters. The minimum Gasteiger partial charge on any atom is -0.481 e. The largest absolute Gasteiger partial charge is 0.481 e. The monoisotopic (exact) mass is 254 g/mol. The lowest BCUT2D eigenvalue weighted by Gasteiger charge is -2.49. The van der Waals surface area contributed by atoms with Crippen molar-refractivity contribution in [2.75, 3.05) is 0 Å². The fraction of sp³-hybridized carbons (Fsp3) is 0.857. The van der Waals surface area contributed by atoms with Crippen molar-refractivity contribution in [1.29, 1.82) is 0 Å². The molecular weight excluding hydrogens is 232 g/mol. The Morgan fingerprint density at radius 2 is 1.11 bits per heavy atom. The van der Waals surface area contributed by atoms with Crippen molar-refractivity contribution in [3.8, 4) is 0 Å². The summed E-state index contributed by atoms with van der Waals surface area (Å²) in [5.41, 5.74) is 0. The van der Waals surface area contributed by atoms with E-state index in [9.17, 15) is 19.8 Å². The topological polar surface area (TPSA) is 74.6 Å². The number of carboxylic acid groups (broad SMARTS) is 2. The molecule has 2 saturated carbocycles. The molecule has 2 aliphatic carbocycles. The van der Waals surface area contributed by atoms with Crippen LogP contribution >= 0.6 is 0 Å². The van der Waals surface area contributed by atoms with Crippen molar-refractivity contribution in [1.82, 2.24) is 0 Å². The molecule has 0 spiro atoms. The van der Waals surface area contributed by atoms with Gasteiger partial charge in [0, 0.05) is 0 Å². The Kier molecular flexibility index (Phi) is 3.64. The first kappa shape index (κ1) is 13.4. The summed E-state index contributed by atoms with van der Waals surface area (Å²) in [5.74, 6) is -1.43. The smallest absolute Gasteiger partial charge is 0.306 e. The Morgan fingerprint density at radius 1 is 0.778 bits per heavy atom. The molecule has 0 aromatic heterocycles. The number of aliphatic carboxylic acids is 2. The molecule has 0 aromatic carbocycles. The van der Waals surface area contributed by atoms with Crippen LogP contribution < -0.4 is 0 Å². The van der Waals surface area contributed by atoms with Crippen molar-refractivity contribution in [3.05, 3.63) is 0 Å². The van der Waals surface area contributed by atoms with Crippen molar-refractivity contribution in [3.63, 3.8) is 0 Å². The minimum absolute atomic E-state index is 0.0427. The molecule has 4 nitrogen and oxygen atoms in total. The summed E-state index contributed by atoms with van der Waals surface area (Å²) in [6, 6.07) is 0. The highest BCUT2D eigenvalue weighted by molar-refractivity contribution is 5.73. The normalized spacial score (nSPS) is 44.1. The van der Waals surface area contributed by atoms with Crippen LogP contribution in [0.4, 0.5) is 0 Å². The predicted molar refractivity (Wildman–Crippen MR) is 66.0 cm³/mol. The van der Waals surface area contributed by atoms with E-state index in [1.54, 1.807) is 0 Å². The Bertz CT molecular complexity index is 318. The lowest BCUT2D eigenvalue weighted by atomic mass is 9.54. The van der Waals surface area contributed by atoms with E-state index in [2.05, 4.69) is 13.8 Å². The highest BCUT2D eigenvalue weighted by atomic mass is 16.4. The fourth-order valence-electron chi connectivity index (χ4n) is 4.32. The molecule has 2 rings (SSSR count). The highest BCUT2D eigenvalue weighted by Crippen LogP contribution is 2.51. The summed E-state index contributed by atoms with van der Waals surface area (Å²) in [6.07, 6.45) is 3.09. The summed E-state index contributed by atoms with van der Waals surface area (Å²) >= 11 is 0. The van der Waals surface area contributed by atoms with Gasteiger partial charge in [0.2, 0.25) is 0 Å². The average Bonchev–Trinajstić information content (AvgIpc) is 2.32. The van der Waals surface area contributed by atoms with Crippen LogP contribution in [0.3, 0.4) is 0 Å². The summed E-state index contributed by atoms with van der Waals surface area (Å²) in [7, 11) is 0. The number of hydrogen-bond donors (Lipinski definition) is 2. The Labute approximate surface area is 107 Å². The summed E-state index contributed by atoms with van der Waals surface area (Å²) in [5, 5.41) is 18.7. The third-order valence-corrected chi connectivity index (χ3v) is 5.19. The number of carbonyl (C=O) groups is 2. The van der Waals surface area contributed by atoms with Crippen molar-refractivity contribution in [2.24, 2.45) is 35.5 Å². The number of carboxylic acids is 2. The average molecular weight is 254 g/mol. The van der Waals surface area contributed by atoms with E-state index < -0.39 is 11.9 Å². The molecule has 0 radical (unpaired) electrons. The van der Waals surface area contributed by atoms with Crippen LogP contribution in [0.5, 0.6) is 0 Å². The maximum absolute atomic E-state index is 11.4. The summed E-state index contributed by atoms with van der Waals surface area (Å²) < 4.78 is 0. The molecular formula is C14H22O4. The third-order valence-electron chi connectivity index (χ3n) is 5.19. The van der Waals surface area contributed by atoms with E-state index in [0.29, 0.717) is 24.7 Å². The highest BCUT2D eigenvalue weighted by Gasteiger charge is 2.50. The van der Waals surface area contributed by atoms with Gasteiger partial charge in [-0.05, 0) is 36.5 Å². The van der Waals surface area contributed by atoms with Gasteiger partial charge < -0.3 is 10.2 Å². The van der Waals surface area contributed by atoms with Crippen molar-refractivity contribution < 1.29 is 19.8 Å². The molecule has 4 heteroatoms. The van der Waals surface area contributed by atoms with E-state index in [4.69, 9.17) is 0 Å². The van der Waals surface area contributed by atoms with Crippen LogP contribution in [0.15, 0.2) is 0 Å². The molecule has 0 bridgehead atoms. The molecule has 0 aromatic rings. The molecule has 6 unspecified atom stereocenters. The van der Waals surface area contributed by atoms with Gasteiger partial charge in [0.1, 0.15) is 0 Å². The first-order valence-corrected chi connectivity index (χ1v) is 6.89. The van der Waals surface area contributed by atoms with Gasteiger partial charge in [0.15, 0.2) is 0 Å². The zero-order valence-electron chi connectivity index (χ0n) is 11.0. The minimum atomic E-state index is -0.741. The molecule has 0 amide bonds. The van der Waals surface area contributed by atoms with Crippen LogP contribution in [0.25, 0.3) is 0 Å². The standard InChI is InChI=1S/C14H22O4/c1-7-3-4-8(2)12-10(14(17)18)6-5-9(11(7)12)13(15)16/h7-12H,3-6H2,1-2H3,(H,15,16)(H,17,18). The first-order chi connectivity index (χ1) is 8.43. The summed E-state index contributed by atoms with van der Waals surface area (Å²) in [4.78, 5) is 22.8. The molecule has 2 fully saturated rings. The number of hydrogen-bond acceptors (Lipinski definition) is 2. The molecule has 102 valence electrons. The number of fused-ring (bicyclic) bond motifs is 1. The van der Waals surface area contributed by atoms with Gasteiger partial charge in [-0.1, -0.05) is 26.7 Å². The van der Waals surface area contributed by atoms with E-state index >= 15 is 0 Å². The van der Waals surface area contributed by atoms with Gasteiger partial charge in [-0.25, -0.2) is 0 Å². The van der Waals surface area contributed by atoms with Gasteiger partial charge in [-0.15, -0.1) is 0 Å². The van der Waals surface area contributed by atoms with Gasteiger partial charge in [0.25, 0.3) is 0 Å². The zero-order chi connectivity index (χ0) is 13.4. The van der Waals surface area contributed by atoms with Crippen LogP contribution in [0.1, 0.15) is 39.5 Å². The van der Waals surface area contributed by atoms with Gasteiger partial charge in [0.05, 0.1) is 11.8 Å². The maximum atomic E-state index is 11.4. The van der Waals surface area contributed by atoms with E-state index in [1.807, 2.05) is 0 Å². The van der Waals surface area contributed by atoms with Gasteiger partial charge in [-0.2, -0.15) is 0 Å². The summed E-state index contributed by atoms with van der Waals surface area (Å²) in [6.45, 7) is 4.17. The predicted octanol–water partition coefficient (Wildman–Crippen LogP) is 2.48. The van der Waals surface area contributed by atoms with E-state index in [0.717, 1.165) is 12.8 Å². The fourth-order valence-corrected chi connectivity index (χ4v) is 4.32. The molecule has 2 N–H and O–H groups in total. The Morgan fingerprint density at radius 3 is 1.39 bits per heavy atom. The Balaban J connectivity index is 2.32.